The Hall–Kier alpha value is -2.31. The fourth-order valence-electron chi connectivity index (χ4n) is 1.94. The van der Waals surface area contributed by atoms with Gasteiger partial charge in [-0.2, -0.15) is 5.10 Å². The van der Waals surface area contributed by atoms with E-state index in [1.807, 2.05) is 0 Å². The van der Waals surface area contributed by atoms with E-state index in [1.165, 1.54) is 29.0 Å². The summed E-state index contributed by atoms with van der Waals surface area (Å²) in [6, 6.07) is 4.39. The van der Waals surface area contributed by atoms with E-state index >= 15 is 0 Å². The number of nitrogens with zero attached hydrogens (tertiary/aromatic N) is 2. The van der Waals surface area contributed by atoms with Crippen LogP contribution in [0.4, 0.5) is 5.69 Å². The Balaban J connectivity index is 2.18. The Labute approximate surface area is 142 Å². The molecule has 0 fully saturated rings. The van der Waals surface area contributed by atoms with Gasteiger partial charge in [0.15, 0.2) is 0 Å². The minimum atomic E-state index is -0.606. The normalized spacial score (nSPS) is 11.0. The number of nitrogens with two attached hydrogens (primary N) is 1. The highest BCUT2D eigenvalue weighted by atomic mass is 35.5. The maximum atomic E-state index is 12.0. The molecule has 6 nitrogen and oxygen atoms in total. The van der Waals surface area contributed by atoms with E-state index in [4.69, 9.17) is 28.9 Å². The van der Waals surface area contributed by atoms with Crippen molar-refractivity contribution in [2.75, 3.05) is 5.32 Å². The molecule has 1 heterocycles. The number of hydrogen-bond acceptors (Lipinski definition) is 3. The van der Waals surface area contributed by atoms with E-state index in [0.29, 0.717) is 27.1 Å². The van der Waals surface area contributed by atoms with Gasteiger partial charge < -0.3 is 11.1 Å². The van der Waals surface area contributed by atoms with Gasteiger partial charge in [-0.1, -0.05) is 23.2 Å². The predicted molar refractivity (Wildman–Crippen MR) is 90.6 cm³/mol. The molecule has 0 saturated carbocycles. The van der Waals surface area contributed by atoms with Gasteiger partial charge in [0.25, 0.3) is 0 Å². The first-order valence-electron chi connectivity index (χ1n) is 6.57. The average molecular weight is 353 g/mol. The van der Waals surface area contributed by atoms with Gasteiger partial charge >= 0.3 is 0 Å². The fraction of sp³-hybridized carbons (Fsp3) is 0.133. The van der Waals surface area contributed by atoms with Crippen molar-refractivity contribution in [2.24, 2.45) is 12.8 Å². The predicted octanol–water partition coefficient (Wildman–Crippen LogP) is 2.79. The lowest BCUT2D eigenvalue weighted by molar-refractivity contribution is -0.111. The van der Waals surface area contributed by atoms with Crippen LogP contribution in [0.3, 0.4) is 0 Å². The molecular weight excluding hydrogens is 339 g/mol. The topological polar surface area (TPSA) is 90.0 Å². The van der Waals surface area contributed by atoms with Crippen LogP contribution in [0, 0.1) is 6.92 Å². The first-order chi connectivity index (χ1) is 10.8. The molecule has 1 aromatic carbocycles. The summed E-state index contributed by atoms with van der Waals surface area (Å²) in [4.78, 5) is 23.2. The molecule has 0 aliphatic carbocycles. The number of amides is 2. The standard InChI is InChI=1S/C15H14Cl2N4O2/c1-8-10(14(17)21(2)20-8)4-6-13(22)19-12-7-9(15(18)23)3-5-11(12)16/h3-7H,1-2H3,(H2,18,23)(H,19,22). The fourth-order valence-corrected chi connectivity index (χ4v) is 2.35. The Morgan fingerprint density at radius 3 is 2.61 bits per heavy atom. The number of halogens is 2. The first kappa shape index (κ1) is 17.1. The van der Waals surface area contributed by atoms with E-state index in [-0.39, 0.29) is 5.56 Å². The lowest BCUT2D eigenvalue weighted by Crippen LogP contribution is -2.13. The van der Waals surface area contributed by atoms with Crippen LogP contribution in [0.5, 0.6) is 0 Å². The second-order valence-electron chi connectivity index (χ2n) is 4.79. The van der Waals surface area contributed by atoms with Crippen molar-refractivity contribution < 1.29 is 9.59 Å². The molecule has 0 bridgehead atoms. The summed E-state index contributed by atoms with van der Waals surface area (Å²) in [5.74, 6) is -1.03. The summed E-state index contributed by atoms with van der Waals surface area (Å²) in [6.07, 6.45) is 2.87. The molecule has 23 heavy (non-hydrogen) atoms. The number of anilines is 1. The number of benzene rings is 1. The minimum Gasteiger partial charge on any atom is -0.366 e. The van der Waals surface area contributed by atoms with Gasteiger partial charge in [0.2, 0.25) is 11.8 Å². The largest absolute Gasteiger partial charge is 0.366 e. The zero-order chi connectivity index (χ0) is 17.1. The summed E-state index contributed by atoms with van der Waals surface area (Å²) < 4.78 is 1.52. The van der Waals surface area contributed by atoms with Gasteiger partial charge in [-0.3, -0.25) is 14.3 Å². The number of hydrogen-bond donors (Lipinski definition) is 2. The summed E-state index contributed by atoms with van der Waals surface area (Å²) in [6.45, 7) is 1.79. The molecule has 2 rings (SSSR count). The third-order valence-corrected chi connectivity index (χ3v) is 3.88. The lowest BCUT2D eigenvalue weighted by atomic mass is 10.2. The zero-order valence-electron chi connectivity index (χ0n) is 12.4. The molecule has 0 atom stereocenters. The molecule has 0 saturated heterocycles. The third-order valence-electron chi connectivity index (χ3n) is 3.11. The molecule has 8 heteroatoms. The van der Waals surface area contributed by atoms with Gasteiger partial charge in [-0.05, 0) is 31.2 Å². The average Bonchev–Trinajstić information content (AvgIpc) is 2.72. The highest BCUT2D eigenvalue weighted by Crippen LogP contribution is 2.23. The number of carbonyl (C=O) groups excluding carboxylic acids is 2. The summed E-state index contributed by atoms with van der Waals surface area (Å²) in [7, 11) is 1.71. The highest BCUT2D eigenvalue weighted by molar-refractivity contribution is 6.34. The molecule has 2 amide bonds. The van der Waals surface area contributed by atoms with Crippen LogP contribution in [0.25, 0.3) is 6.08 Å². The van der Waals surface area contributed by atoms with Crippen LogP contribution < -0.4 is 11.1 Å². The molecule has 0 radical (unpaired) electrons. The van der Waals surface area contributed by atoms with Gasteiger partial charge in [0, 0.05) is 24.3 Å². The summed E-state index contributed by atoms with van der Waals surface area (Å²) in [5.41, 5.74) is 7.11. The number of aromatic nitrogens is 2. The molecule has 3 N–H and O–H groups in total. The van der Waals surface area contributed by atoms with Gasteiger partial charge in [0.05, 0.1) is 16.4 Å². The van der Waals surface area contributed by atoms with Crippen LogP contribution in [0.2, 0.25) is 10.2 Å². The zero-order valence-corrected chi connectivity index (χ0v) is 13.9. The number of primary amides is 1. The van der Waals surface area contributed by atoms with E-state index in [0.717, 1.165) is 0 Å². The lowest BCUT2D eigenvalue weighted by Gasteiger charge is -2.06. The van der Waals surface area contributed by atoms with Gasteiger partial charge in [-0.25, -0.2) is 0 Å². The molecule has 0 spiro atoms. The molecule has 0 aliphatic heterocycles. The molecular formula is C15H14Cl2N4O2. The Kier molecular flexibility index (Phi) is 5.08. The van der Waals surface area contributed by atoms with E-state index in [2.05, 4.69) is 10.4 Å². The van der Waals surface area contributed by atoms with Crippen molar-refractivity contribution in [2.45, 2.75) is 6.92 Å². The Morgan fingerprint density at radius 2 is 2.04 bits per heavy atom. The van der Waals surface area contributed by atoms with Crippen molar-refractivity contribution in [1.29, 1.82) is 0 Å². The maximum absolute atomic E-state index is 12.0. The van der Waals surface area contributed by atoms with E-state index in [1.54, 1.807) is 20.0 Å². The third kappa shape index (κ3) is 3.91. The van der Waals surface area contributed by atoms with E-state index in [9.17, 15) is 9.59 Å². The van der Waals surface area contributed by atoms with Crippen molar-refractivity contribution in [1.82, 2.24) is 9.78 Å². The maximum Gasteiger partial charge on any atom is 0.248 e. The van der Waals surface area contributed by atoms with E-state index < -0.39 is 11.8 Å². The van der Waals surface area contributed by atoms with Crippen molar-refractivity contribution in [3.05, 3.63) is 51.3 Å². The Bertz CT molecular complexity index is 812. The van der Waals surface area contributed by atoms with Crippen LogP contribution in [-0.4, -0.2) is 21.6 Å². The molecule has 0 unspecified atom stereocenters. The monoisotopic (exact) mass is 352 g/mol. The van der Waals surface area contributed by atoms with Gasteiger partial charge in [-0.15, -0.1) is 0 Å². The second kappa shape index (κ2) is 6.85. The van der Waals surface area contributed by atoms with Crippen LogP contribution in [0.1, 0.15) is 21.6 Å². The van der Waals surface area contributed by atoms with Crippen LogP contribution in [-0.2, 0) is 11.8 Å². The molecule has 0 aliphatic rings. The molecule has 1 aromatic heterocycles. The second-order valence-corrected chi connectivity index (χ2v) is 5.56. The quantitative estimate of drug-likeness (QED) is 0.828. The SMILES string of the molecule is Cc1nn(C)c(Cl)c1C=CC(=O)Nc1cc(C(N)=O)ccc1Cl. The summed E-state index contributed by atoms with van der Waals surface area (Å²) >= 11 is 12.1. The van der Waals surface area contributed by atoms with Crippen molar-refractivity contribution in [3.63, 3.8) is 0 Å². The number of carbonyl (C=O) groups is 2. The van der Waals surface area contributed by atoms with Crippen LogP contribution >= 0.6 is 23.2 Å². The number of rotatable bonds is 4. The van der Waals surface area contributed by atoms with Crippen molar-refractivity contribution in [3.8, 4) is 0 Å². The smallest absolute Gasteiger partial charge is 0.248 e. The first-order valence-corrected chi connectivity index (χ1v) is 7.32. The number of nitrogens with one attached hydrogen (secondary N) is 1. The summed E-state index contributed by atoms with van der Waals surface area (Å²) in [5, 5.41) is 7.46. The minimum absolute atomic E-state index is 0.250. The molecule has 2 aromatic rings. The van der Waals surface area contributed by atoms with Crippen molar-refractivity contribution >= 4 is 46.8 Å². The highest BCUT2D eigenvalue weighted by Gasteiger charge is 2.10. The number of aryl methyl sites for hydroxylation is 2. The molecule has 120 valence electrons. The van der Waals surface area contributed by atoms with Crippen LogP contribution in [0.15, 0.2) is 24.3 Å². The van der Waals surface area contributed by atoms with Gasteiger partial charge in [0.1, 0.15) is 5.15 Å². The Morgan fingerprint density at radius 1 is 1.35 bits per heavy atom.